The van der Waals surface area contributed by atoms with E-state index >= 15 is 0 Å². The highest BCUT2D eigenvalue weighted by Gasteiger charge is 2.44. The molecule has 0 N–H and O–H groups in total. The number of amides is 2. The third-order valence-corrected chi connectivity index (χ3v) is 5.67. The molecular formula is C25H29NO5. The summed E-state index contributed by atoms with van der Waals surface area (Å²) in [5.41, 5.74) is 1.97. The summed E-state index contributed by atoms with van der Waals surface area (Å²) in [6.07, 6.45) is -0.767. The monoisotopic (exact) mass is 423 g/mol. The van der Waals surface area contributed by atoms with Gasteiger partial charge in [-0.25, -0.2) is 9.69 Å². The first kappa shape index (κ1) is 22.5. The van der Waals surface area contributed by atoms with Crippen LogP contribution in [0.25, 0.3) is 0 Å². The summed E-state index contributed by atoms with van der Waals surface area (Å²) in [5.74, 6) is -1.79. The molecule has 2 amide bonds. The molecule has 6 heteroatoms. The number of imide groups is 1. The van der Waals surface area contributed by atoms with Crippen LogP contribution in [0.5, 0.6) is 0 Å². The summed E-state index contributed by atoms with van der Waals surface area (Å²) in [6.45, 7) is 5.81. The molecule has 0 saturated carbocycles. The van der Waals surface area contributed by atoms with Gasteiger partial charge >= 0.3 is 12.1 Å². The van der Waals surface area contributed by atoms with Gasteiger partial charge in [0, 0.05) is 12.3 Å². The first-order chi connectivity index (χ1) is 14.9. The van der Waals surface area contributed by atoms with E-state index in [1.54, 1.807) is 6.92 Å². The molecule has 164 valence electrons. The lowest BCUT2D eigenvalue weighted by Gasteiger charge is -2.30. The third kappa shape index (κ3) is 5.13. The zero-order valence-electron chi connectivity index (χ0n) is 18.2. The van der Waals surface area contributed by atoms with Crippen LogP contribution < -0.4 is 0 Å². The Labute approximate surface area is 183 Å². The second kappa shape index (κ2) is 10.2. The number of esters is 1. The lowest BCUT2D eigenvalue weighted by Crippen LogP contribution is -2.44. The van der Waals surface area contributed by atoms with Crippen molar-refractivity contribution in [1.82, 2.24) is 4.90 Å². The van der Waals surface area contributed by atoms with E-state index in [2.05, 4.69) is 0 Å². The van der Waals surface area contributed by atoms with Crippen LogP contribution in [-0.4, -0.2) is 42.1 Å². The molecule has 1 saturated heterocycles. The van der Waals surface area contributed by atoms with Crippen LogP contribution >= 0.6 is 0 Å². The van der Waals surface area contributed by atoms with E-state index in [9.17, 15) is 14.4 Å². The molecule has 0 spiro atoms. The van der Waals surface area contributed by atoms with Crippen LogP contribution in [0.15, 0.2) is 60.7 Å². The van der Waals surface area contributed by atoms with Crippen LogP contribution in [0, 0.1) is 11.8 Å². The van der Waals surface area contributed by atoms with E-state index < -0.39 is 29.9 Å². The second-order valence-electron chi connectivity index (χ2n) is 8.01. The summed E-state index contributed by atoms with van der Waals surface area (Å²) >= 11 is 0. The predicted molar refractivity (Wildman–Crippen MR) is 116 cm³/mol. The van der Waals surface area contributed by atoms with Gasteiger partial charge in [-0.1, -0.05) is 74.5 Å². The van der Waals surface area contributed by atoms with Gasteiger partial charge in [-0.3, -0.25) is 9.59 Å². The van der Waals surface area contributed by atoms with Crippen molar-refractivity contribution in [1.29, 1.82) is 0 Å². The molecule has 1 aliphatic rings. The van der Waals surface area contributed by atoms with Crippen molar-refractivity contribution in [2.45, 2.75) is 39.2 Å². The first-order valence-corrected chi connectivity index (χ1v) is 10.7. The minimum absolute atomic E-state index is 0.0980. The fraction of sp³-hybridized carbons (Fsp3) is 0.400. The number of carbonyl (C=O) groups is 3. The molecule has 1 fully saturated rings. The molecule has 0 aliphatic carbocycles. The Morgan fingerprint density at radius 1 is 1.03 bits per heavy atom. The van der Waals surface area contributed by atoms with E-state index in [0.717, 1.165) is 11.1 Å². The SMILES string of the molecule is CCOC(=O)C(CC(=O)N1C(=O)OC[C@H]1C(c1ccccc1)c1ccccc1)C(C)C. The smallest absolute Gasteiger partial charge is 0.417 e. The molecule has 0 bridgehead atoms. The van der Waals surface area contributed by atoms with E-state index in [0.29, 0.717) is 0 Å². The summed E-state index contributed by atoms with van der Waals surface area (Å²) < 4.78 is 10.5. The van der Waals surface area contributed by atoms with Crippen molar-refractivity contribution in [3.63, 3.8) is 0 Å². The molecule has 0 radical (unpaired) electrons. The molecule has 1 heterocycles. The lowest BCUT2D eigenvalue weighted by molar-refractivity contribution is -0.152. The van der Waals surface area contributed by atoms with Crippen molar-refractivity contribution in [2.75, 3.05) is 13.2 Å². The van der Waals surface area contributed by atoms with Gasteiger partial charge < -0.3 is 9.47 Å². The Balaban J connectivity index is 1.92. The van der Waals surface area contributed by atoms with E-state index in [4.69, 9.17) is 9.47 Å². The fourth-order valence-electron chi connectivity index (χ4n) is 4.05. The predicted octanol–water partition coefficient (Wildman–Crippen LogP) is 4.39. The van der Waals surface area contributed by atoms with Crippen LogP contribution in [0.4, 0.5) is 4.79 Å². The normalized spacial score (nSPS) is 17.0. The van der Waals surface area contributed by atoms with Gasteiger partial charge in [-0.2, -0.15) is 0 Å². The average Bonchev–Trinajstić information content (AvgIpc) is 3.14. The summed E-state index contributed by atoms with van der Waals surface area (Å²) in [4.78, 5) is 39.4. The molecule has 3 rings (SSSR count). The highest BCUT2D eigenvalue weighted by atomic mass is 16.6. The standard InChI is InChI=1S/C25H29NO5/c1-4-30-24(28)20(17(2)3)15-22(27)26-21(16-31-25(26)29)23(18-11-7-5-8-12-18)19-13-9-6-10-14-19/h5-14,17,20-21,23H,4,15-16H2,1-3H3/t20?,21-/m0/s1. The highest BCUT2D eigenvalue weighted by Crippen LogP contribution is 2.35. The van der Waals surface area contributed by atoms with Crippen LogP contribution in [0.1, 0.15) is 44.2 Å². The number of rotatable bonds is 8. The van der Waals surface area contributed by atoms with Crippen molar-refractivity contribution < 1.29 is 23.9 Å². The minimum atomic E-state index is -0.668. The maximum atomic E-state index is 13.3. The summed E-state index contributed by atoms with van der Waals surface area (Å²) in [6, 6.07) is 19.0. The zero-order valence-corrected chi connectivity index (χ0v) is 18.2. The number of hydrogen-bond donors (Lipinski definition) is 0. The van der Waals surface area contributed by atoms with Gasteiger partial charge in [0.05, 0.1) is 18.6 Å². The van der Waals surface area contributed by atoms with Gasteiger partial charge in [-0.05, 0) is 24.0 Å². The Kier molecular flexibility index (Phi) is 7.45. The zero-order chi connectivity index (χ0) is 22.4. The van der Waals surface area contributed by atoms with Gasteiger partial charge in [0.15, 0.2) is 0 Å². The molecule has 6 nitrogen and oxygen atoms in total. The third-order valence-electron chi connectivity index (χ3n) is 5.67. The Morgan fingerprint density at radius 3 is 2.06 bits per heavy atom. The van der Waals surface area contributed by atoms with Crippen molar-refractivity contribution in [3.05, 3.63) is 71.8 Å². The van der Waals surface area contributed by atoms with Crippen molar-refractivity contribution >= 4 is 18.0 Å². The number of ether oxygens (including phenoxy) is 2. The Hall–Kier alpha value is -3.15. The fourth-order valence-corrected chi connectivity index (χ4v) is 4.05. The molecule has 31 heavy (non-hydrogen) atoms. The van der Waals surface area contributed by atoms with E-state index in [1.165, 1.54) is 4.90 Å². The Bertz CT molecular complexity index is 857. The van der Waals surface area contributed by atoms with Crippen molar-refractivity contribution in [3.8, 4) is 0 Å². The molecule has 2 aromatic carbocycles. The number of nitrogens with zero attached hydrogens (tertiary/aromatic N) is 1. The van der Waals surface area contributed by atoms with Gasteiger partial charge in [0.1, 0.15) is 6.61 Å². The van der Waals surface area contributed by atoms with Crippen LogP contribution in [-0.2, 0) is 19.1 Å². The summed E-state index contributed by atoms with van der Waals surface area (Å²) in [7, 11) is 0. The second-order valence-corrected chi connectivity index (χ2v) is 8.01. The first-order valence-electron chi connectivity index (χ1n) is 10.7. The molecular weight excluding hydrogens is 394 g/mol. The number of carbonyl (C=O) groups excluding carboxylic acids is 3. The number of hydrogen-bond acceptors (Lipinski definition) is 5. The van der Waals surface area contributed by atoms with Gasteiger partial charge in [0.2, 0.25) is 5.91 Å². The number of benzene rings is 2. The minimum Gasteiger partial charge on any atom is -0.466 e. The maximum absolute atomic E-state index is 13.3. The quantitative estimate of drug-likeness (QED) is 0.589. The van der Waals surface area contributed by atoms with Crippen molar-refractivity contribution in [2.24, 2.45) is 11.8 Å². The van der Waals surface area contributed by atoms with E-state index in [1.807, 2.05) is 74.5 Å². The molecule has 0 aromatic heterocycles. The lowest BCUT2D eigenvalue weighted by atomic mass is 9.84. The number of cyclic esters (lactones) is 1. The Morgan fingerprint density at radius 2 is 1.58 bits per heavy atom. The largest absolute Gasteiger partial charge is 0.466 e. The molecule has 1 unspecified atom stereocenters. The molecule has 1 aliphatic heterocycles. The molecule has 2 aromatic rings. The maximum Gasteiger partial charge on any atom is 0.417 e. The average molecular weight is 424 g/mol. The van der Waals surface area contributed by atoms with E-state index in [-0.39, 0.29) is 31.5 Å². The topological polar surface area (TPSA) is 72.9 Å². The highest BCUT2D eigenvalue weighted by molar-refractivity contribution is 5.95. The van der Waals surface area contributed by atoms with Crippen LogP contribution in [0.2, 0.25) is 0 Å². The summed E-state index contributed by atoms with van der Waals surface area (Å²) in [5, 5.41) is 0. The van der Waals surface area contributed by atoms with Gasteiger partial charge in [0.25, 0.3) is 0 Å². The van der Waals surface area contributed by atoms with Gasteiger partial charge in [-0.15, -0.1) is 0 Å². The molecule has 2 atom stereocenters. The van der Waals surface area contributed by atoms with Crippen LogP contribution in [0.3, 0.4) is 0 Å².